The first-order chi connectivity index (χ1) is 16.4. The van der Waals surface area contributed by atoms with Crippen LogP contribution in [0.25, 0.3) is 16.5 Å². The van der Waals surface area contributed by atoms with Crippen molar-refractivity contribution in [1.29, 1.82) is 0 Å². The van der Waals surface area contributed by atoms with Crippen molar-refractivity contribution in [3.05, 3.63) is 81.1 Å². The van der Waals surface area contributed by atoms with Crippen molar-refractivity contribution in [2.75, 3.05) is 18.5 Å². The molecule has 2 aromatic carbocycles. The molecular weight excluding hydrogens is 454 g/mol. The molecule has 2 aromatic heterocycles. The predicted octanol–water partition coefficient (Wildman–Crippen LogP) is 4.58. The number of carbonyl (C=O) groups excluding carboxylic acids is 2. The minimum absolute atomic E-state index is 0.00911. The second-order valence-corrected chi connectivity index (χ2v) is 8.27. The summed E-state index contributed by atoms with van der Waals surface area (Å²) in [5.41, 5.74) is 1.48. The first kappa shape index (κ1) is 23.2. The monoisotopic (exact) mass is 477 g/mol. The Bertz CT molecular complexity index is 1410. The minimum atomic E-state index is -0.643. The maximum Gasteiger partial charge on any atom is 0.359 e. The van der Waals surface area contributed by atoms with Gasteiger partial charge in [0.25, 0.3) is 11.5 Å². The molecule has 0 spiro atoms. The lowest BCUT2D eigenvalue weighted by atomic mass is 10.2. The van der Waals surface area contributed by atoms with E-state index in [9.17, 15) is 14.4 Å². The number of hydrogen-bond donors (Lipinski definition) is 1. The lowest BCUT2D eigenvalue weighted by Gasteiger charge is -2.10. The minimum Gasteiger partial charge on any atom is -0.494 e. The molecule has 0 fully saturated rings. The predicted molar refractivity (Wildman–Crippen MR) is 131 cm³/mol. The van der Waals surface area contributed by atoms with Crippen LogP contribution in [0, 0.1) is 6.92 Å². The van der Waals surface area contributed by atoms with E-state index in [1.54, 1.807) is 48.7 Å². The van der Waals surface area contributed by atoms with Gasteiger partial charge in [-0.15, -0.1) is 11.3 Å². The lowest BCUT2D eigenvalue weighted by Crippen LogP contribution is -2.25. The zero-order valence-electron chi connectivity index (χ0n) is 19.0. The Morgan fingerprint density at radius 2 is 1.74 bits per heavy atom. The first-order valence-corrected chi connectivity index (χ1v) is 11.6. The number of carbonyl (C=O) groups is 2. The van der Waals surface area contributed by atoms with E-state index in [-0.39, 0.29) is 23.6 Å². The van der Waals surface area contributed by atoms with Gasteiger partial charge in [0.1, 0.15) is 10.8 Å². The van der Waals surface area contributed by atoms with Gasteiger partial charge in [0, 0.05) is 16.3 Å². The number of fused-ring (bicyclic) bond motifs is 1. The number of amides is 1. The van der Waals surface area contributed by atoms with Crippen molar-refractivity contribution >= 4 is 39.0 Å². The Labute approximate surface area is 199 Å². The van der Waals surface area contributed by atoms with Crippen LogP contribution in [-0.4, -0.2) is 34.9 Å². The Hall–Kier alpha value is -3.98. The molecule has 0 aliphatic heterocycles. The van der Waals surface area contributed by atoms with Gasteiger partial charge in [0.15, 0.2) is 5.69 Å². The first-order valence-electron chi connectivity index (χ1n) is 10.8. The van der Waals surface area contributed by atoms with Crippen LogP contribution in [0.1, 0.15) is 40.3 Å². The number of nitrogens with zero attached hydrogens (tertiary/aromatic N) is 2. The van der Waals surface area contributed by atoms with E-state index in [1.807, 2.05) is 26.0 Å². The van der Waals surface area contributed by atoms with E-state index in [4.69, 9.17) is 9.47 Å². The highest BCUT2D eigenvalue weighted by Crippen LogP contribution is 2.31. The molecule has 2 heterocycles. The summed E-state index contributed by atoms with van der Waals surface area (Å²) in [6, 6.07) is 13.9. The fourth-order valence-electron chi connectivity index (χ4n) is 3.40. The Kier molecular flexibility index (Phi) is 6.74. The van der Waals surface area contributed by atoms with Crippen LogP contribution in [0.3, 0.4) is 0 Å². The molecule has 0 bridgehead atoms. The molecule has 8 nitrogen and oxygen atoms in total. The molecular formula is C25H23N3O5S. The van der Waals surface area contributed by atoms with Crippen LogP contribution < -0.4 is 15.6 Å². The third-order valence-corrected chi connectivity index (χ3v) is 5.95. The van der Waals surface area contributed by atoms with Gasteiger partial charge in [0.05, 0.1) is 24.3 Å². The number of aryl methyl sites for hydroxylation is 1. The highest BCUT2D eigenvalue weighted by Gasteiger charge is 2.23. The number of hydrogen-bond acceptors (Lipinski definition) is 7. The second-order valence-electron chi connectivity index (χ2n) is 7.39. The second kappa shape index (κ2) is 9.88. The highest BCUT2D eigenvalue weighted by atomic mass is 32.1. The molecule has 0 aliphatic carbocycles. The van der Waals surface area contributed by atoms with E-state index in [2.05, 4.69) is 10.4 Å². The third kappa shape index (κ3) is 4.55. The van der Waals surface area contributed by atoms with Gasteiger partial charge in [-0.05, 0) is 57.2 Å². The summed E-state index contributed by atoms with van der Waals surface area (Å²) in [7, 11) is 0. The quantitative estimate of drug-likeness (QED) is 0.391. The number of esters is 1. The normalized spacial score (nSPS) is 10.8. The molecule has 4 rings (SSSR count). The Morgan fingerprint density at radius 3 is 2.38 bits per heavy atom. The van der Waals surface area contributed by atoms with Crippen LogP contribution in [0.2, 0.25) is 0 Å². The summed E-state index contributed by atoms with van der Waals surface area (Å²) in [6.45, 7) is 6.20. The van der Waals surface area contributed by atoms with Crippen molar-refractivity contribution < 1.29 is 19.1 Å². The van der Waals surface area contributed by atoms with Crippen molar-refractivity contribution in [3.63, 3.8) is 0 Å². The van der Waals surface area contributed by atoms with Gasteiger partial charge >= 0.3 is 5.97 Å². The van der Waals surface area contributed by atoms with Crippen LogP contribution in [0.5, 0.6) is 5.75 Å². The molecule has 0 unspecified atom stereocenters. The summed E-state index contributed by atoms with van der Waals surface area (Å²) < 4.78 is 11.7. The molecule has 0 radical (unpaired) electrons. The maximum atomic E-state index is 13.5. The van der Waals surface area contributed by atoms with Crippen molar-refractivity contribution in [2.45, 2.75) is 20.8 Å². The topological polar surface area (TPSA) is 99.5 Å². The van der Waals surface area contributed by atoms with Crippen molar-refractivity contribution in [2.24, 2.45) is 0 Å². The van der Waals surface area contributed by atoms with E-state index in [1.165, 1.54) is 0 Å². The largest absolute Gasteiger partial charge is 0.494 e. The molecule has 0 atom stereocenters. The molecule has 0 saturated carbocycles. The molecule has 9 heteroatoms. The van der Waals surface area contributed by atoms with E-state index >= 15 is 0 Å². The van der Waals surface area contributed by atoms with E-state index in [0.29, 0.717) is 34.0 Å². The highest BCUT2D eigenvalue weighted by molar-refractivity contribution is 7.16. The number of thiophene rings is 1. The van der Waals surface area contributed by atoms with Gasteiger partial charge in [-0.2, -0.15) is 9.78 Å². The fourth-order valence-corrected chi connectivity index (χ4v) is 4.33. The average Bonchev–Trinajstić information content (AvgIpc) is 3.25. The SMILES string of the molecule is CCOC(=O)c1nn(-c2ccc(C)cc2)c(=O)c2c(NC(=O)c3ccc(OCC)cc3)scc12. The average molecular weight is 478 g/mol. The molecule has 1 N–H and O–H groups in total. The zero-order chi connectivity index (χ0) is 24.2. The van der Waals surface area contributed by atoms with E-state index < -0.39 is 11.5 Å². The van der Waals surface area contributed by atoms with Gasteiger partial charge in [0.2, 0.25) is 0 Å². The summed E-state index contributed by atoms with van der Waals surface area (Å²) >= 11 is 1.15. The molecule has 34 heavy (non-hydrogen) atoms. The van der Waals surface area contributed by atoms with Gasteiger partial charge in [-0.25, -0.2) is 4.79 Å². The smallest absolute Gasteiger partial charge is 0.359 e. The molecule has 1 amide bonds. The number of benzene rings is 2. The van der Waals surface area contributed by atoms with Crippen LogP contribution in [0.15, 0.2) is 58.7 Å². The fraction of sp³-hybridized carbons (Fsp3) is 0.200. The summed E-state index contributed by atoms with van der Waals surface area (Å²) in [4.78, 5) is 39.0. The van der Waals surface area contributed by atoms with Crippen molar-refractivity contribution in [1.82, 2.24) is 9.78 Å². The molecule has 0 aliphatic rings. The van der Waals surface area contributed by atoms with Gasteiger partial charge in [-0.1, -0.05) is 17.7 Å². The van der Waals surface area contributed by atoms with Crippen LogP contribution >= 0.6 is 11.3 Å². The summed E-state index contributed by atoms with van der Waals surface area (Å²) in [5, 5.41) is 9.60. The number of rotatable bonds is 7. The van der Waals surface area contributed by atoms with Gasteiger partial charge in [-0.3, -0.25) is 9.59 Å². The number of aromatic nitrogens is 2. The number of nitrogens with one attached hydrogen (secondary N) is 1. The van der Waals surface area contributed by atoms with Crippen LogP contribution in [-0.2, 0) is 4.74 Å². The van der Waals surface area contributed by atoms with E-state index in [0.717, 1.165) is 21.6 Å². The summed E-state index contributed by atoms with van der Waals surface area (Å²) in [5.74, 6) is -0.370. The molecule has 4 aromatic rings. The number of ether oxygens (including phenoxy) is 2. The molecule has 174 valence electrons. The Morgan fingerprint density at radius 1 is 1.03 bits per heavy atom. The summed E-state index contributed by atoms with van der Waals surface area (Å²) in [6.07, 6.45) is 0. The zero-order valence-corrected chi connectivity index (χ0v) is 19.8. The van der Waals surface area contributed by atoms with Crippen LogP contribution in [0.4, 0.5) is 5.00 Å². The van der Waals surface area contributed by atoms with Gasteiger partial charge < -0.3 is 14.8 Å². The number of anilines is 1. The lowest BCUT2D eigenvalue weighted by molar-refractivity contribution is 0.0520. The molecule has 0 saturated heterocycles. The third-order valence-electron chi connectivity index (χ3n) is 5.05. The Balaban J connectivity index is 1.80. The van der Waals surface area contributed by atoms with Crippen molar-refractivity contribution in [3.8, 4) is 11.4 Å². The standard InChI is InChI=1S/C25H23N3O5S/c1-4-32-18-12-8-16(9-13-18)22(29)26-23-20-19(14-34-23)21(25(31)33-5-2)27-28(24(20)30)17-10-6-15(3)7-11-17/h6-14H,4-5H2,1-3H3,(H,26,29). The maximum absolute atomic E-state index is 13.5.